The molecule has 0 aliphatic carbocycles. The van der Waals surface area contributed by atoms with Gasteiger partial charge in [-0.05, 0) is 41.7 Å². The lowest BCUT2D eigenvalue weighted by Crippen LogP contribution is -2.29. The minimum atomic E-state index is -3.28. The van der Waals surface area contributed by atoms with E-state index in [1.165, 1.54) is 0 Å². The summed E-state index contributed by atoms with van der Waals surface area (Å²) >= 11 is 2.83. The third-order valence-electron chi connectivity index (χ3n) is 1.12. The van der Waals surface area contributed by atoms with Crippen LogP contribution in [-0.4, -0.2) is 28.0 Å². The average Bonchev–Trinajstić information content (AvgIpc) is 2.66. The van der Waals surface area contributed by atoms with Crippen LogP contribution >= 0.6 is 15.9 Å². The first-order valence-electron chi connectivity index (χ1n) is 8.01. The van der Waals surface area contributed by atoms with Crippen molar-refractivity contribution in [1.82, 2.24) is 20.3 Å². The van der Waals surface area contributed by atoms with Crippen LogP contribution in [0.2, 0.25) is 0 Å². The molecular formula is C7H11BrN4. The van der Waals surface area contributed by atoms with E-state index < -0.39 is 37.9 Å². The summed E-state index contributed by atoms with van der Waals surface area (Å²) in [6.07, 6.45) is -7.23. The van der Waals surface area contributed by atoms with Crippen molar-refractivity contribution in [2.24, 2.45) is 0 Å². The molecule has 1 N–H and O–H groups in total. The quantitative estimate of drug-likeness (QED) is 0.796. The summed E-state index contributed by atoms with van der Waals surface area (Å²) in [5.41, 5.74) is 0. The lowest BCUT2D eigenvalue weighted by molar-refractivity contribution is 0.337. The number of nitrogens with zero attached hydrogens (tertiary/aromatic N) is 3. The number of rotatable bonds is 1. The SMILES string of the molecule is [2H]c1c(Br)nnn1C1([2H])C([2H])([2H])C([2H])([2H])NC([2H])([2H])C1([2H])[2H]. The van der Waals surface area contributed by atoms with E-state index in [2.05, 4.69) is 26.2 Å². The first-order valence-corrected chi connectivity index (χ1v) is 3.80. The van der Waals surface area contributed by atoms with Gasteiger partial charge in [-0.3, -0.25) is 0 Å². The van der Waals surface area contributed by atoms with Crippen LogP contribution in [0.25, 0.3) is 0 Å². The highest BCUT2D eigenvalue weighted by Gasteiger charge is 2.15. The van der Waals surface area contributed by atoms with Gasteiger partial charge in [0.25, 0.3) is 0 Å². The van der Waals surface area contributed by atoms with Crippen molar-refractivity contribution in [2.45, 2.75) is 18.8 Å². The molecule has 66 valence electrons. The number of halogens is 1. The molecule has 12 heavy (non-hydrogen) atoms. The summed E-state index contributed by atoms with van der Waals surface area (Å²) in [5, 5.41) is 8.35. The summed E-state index contributed by atoms with van der Waals surface area (Å²) in [5.74, 6) is 0. The van der Waals surface area contributed by atoms with Crippen molar-refractivity contribution in [3.8, 4) is 0 Å². The van der Waals surface area contributed by atoms with Crippen LogP contribution < -0.4 is 5.32 Å². The summed E-state index contributed by atoms with van der Waals surface area (Å²) in [6, 6.07) is -3.23. The predicted molar refractivity (Wildman–Crippen MR) is 48.9 cm³/mol. The van der Waals surface area contributed by atoms with Gasteiger partial charge in [-0.15, -0.1) is 5.10 Å². The second-order valence-corrected chi connectivity index (χ2v) is 2.63. The van der Waals surface area contributed by atoms with E-state index >= 15 is 0 Å². The van der Waals surface area contributed by atoms with Gasteiger partial charge in [-0.25, -0.2) is 4.68 Å². The number of hydrogen-bond acceptors (Lipinski definition) is 3. The second kappa shape index (κ2) is 3.53. The normalized spacial score (nSPS) is 51.4. The minimum Gasteiger partial charge on any atom is -0.317 e. The second-order valence-electron chi connectivity index (χ2n) is 1.88. The maximum atomic E-state index is 8.28. The zero-order chi connectivity index (χ0) is 17.4. The van der Waals surface area contributed by atoms with Gasteiger partial charge in [0.15, 0.2) is 0 Å². The van der Waals surface area contributed by atoms with Crippen molar-refractivity contribution in [1.29, 1.82) is 0 Å². The molecule has 0 saturated carbocycles. The molecule has 1 saturated heterocycles. The fourth-order valence-electron chi connectivity index (χ4n) is 0.666. The third-order valence-corrected chi connectivity index (χ3v) is 1.45. The molecule has 0 aromatic carbocycles. The highest BCUT2D eigenvalue weighted by molar-refractivity contribution is 9.10. The highest BCUT2D eigenvalue weighted by atomic mass is 79.9. The molecule has 0 unspecified atom stereocenters. The maximum absolute atomic E-state index is 8.28. The fraction of sp³-hybridized carbons (Fsp3) is 0.714. The predicted octanol–water partition coefficient (Wildman–Crippen LogP) is 0.965. The lowest BCUT2D eigenvalue weighted by atomic mass is 10.1. The highest BCUT2D eigenvalue weighted by Crippen LogP contribution is 2.18. The number of nitrogens with one attached hydrogen (secondary N) is 1. The molecule has 0 bridgehead atoms. The van der Waals surface area contributed by atoms with Crippen molar-refractivity contribution in [2.75, 3.05) is 13.0 Å². The van der Waals surface area contributed by atoms with Crippen LogP contribution in [0, 0.1) is 0 Å². The van der Waals surface area contributed by atoms with Gasteiger partial charge in [0.2, 0.25) is 0 Å². The smallest absolute Gasteiger partial charge is 0.148 e. The van der Waals surface area contributed by atoms with Crippen LogP contribution in [-0.2, 0) is 0 Å². The first-order chi connectivity index (χ1) is 9.63. The molecule has 5 heteroatoms. The zero-order valence-electron chi connectivity index (χ0n) is 15.7. The molecule has 0 radical (unpaired) electrons. The Labute approximate surface area is 93.5 Å². The van der Waals surface area contributed by atoms with Crippen molar-refractivity contribution in [3.63, 3.8) is 0 Å². The monoisotopic (exact) mass is 240 g/mol. The van der Waals surface area contributed by atoms with Crippen molar-refractivity contribution in [3.05, 3.63) is 10.8 Å². The molecular weight excluding hydrogens is 220 g/mol. The Morgan fingerprint density at radius 2 is 2.58 bits per heavy atom. The van der Waals surface area contributed by atoms with Crippen molar-refractivity contribution < 1.29 is 13.7 Å². The van der Waals surface area contributed by atoms with E-state index in [0.29, 0.717) is 0 Å². The molecule has 0 amide bonds. The van der Waals surface area contributed by atoms with Crippen LogP contribution in [0.4, 0.5) is 0 Å². The molecule has 1 aliphatic rings. The molecule has 1 fully saturated rings. The zero-order valence-corrected chi connectivity index (χ0v) is 7.31. The number of piperidine rings is 1. The van der Waals surface area contributed by atoms with Crippen molar-refractivity contribution >= 4 is 15.9 Å². The molecule has 2 rings (SSSR count). The Morgan fingerprint density at radius 1 is 1.83 bits per heavy atom. The average molecular weight is 241 g/mol. The van der Waals surface area contributed by atoms with E-state index in [9.17, 15) is 0 Å². The third kappa shape index (κ3) is 1.67. The van der Waals surface area contributed by atoms with Gasteiger partial charge < -0.3 is 5.32 Å². The van der Waals surface area contributed by atoms with E-state index in [4.69, 9.17) is 13.7 Å². The topological polar surface area (TPSA) is 42.7 Å². The van der Waals surface area contributed by atoms with Crippen LogP contribution in [0.3, 0.4) is 0 Å². The molecule has 2 heterocycles. The Hall–Kier alpha value is -0.420. The minimum absolute atomic E-state index is 0.203. The molecule has 0 spiro atoms. The summed E-state index contributed by atoms with van der Waals surface area (Å²) < 4.78 is 78.3. The standard InChI is InChI=1S/C7H11BrN4/c8-7-5-12(11-10-7)6-1-3-9-4-2-6/h5-6,9H,1-4H2/i1D2,2D2,3D2,4D2,5D,6D. The first kappa shape index (κ1) is 2.54. The van der Waals surface area contributed by atoms with Gasteiger partial charge in [-0.1, -0.05) is 5.21 Å². The fourth-order valence-corrected chi connectivity index (χ4v) is 0.905. The number of aromatic nitrogens is 3. The van der Waals surface area contributed by atoms with Crippen LogP contribution in [0.5, 0.6) is 0 Å². The lowest BCUT2D eigenvalue weighted by Gasteiger charge is -2.21. The summed E-state index contributed by atoms with van der Waals surface area (Å²) in [6.45, 7) is -6.20. The summed E-state index contributed by atoms with van der Waals surface area (Å²) in [7, 11) is 0. The Bertz CT molecular complexity index is 586. The molecule has 4 nitrogen and oxygen atoms in total. The molecule has 1 aromatic heterocycles. The van der Waals surface area contributed by atoms with Crippen LogP contribution in [0.1, 0.15) is 32.5 Å². The molecule has 1 aliphatic heterocycles. The van der Waals surface area contributed by atoms with Gasteiger partial charge in [-0.2, -0.15) is 0 Å². The molecule has 0 atom stereocenters. The Kier molecular flexibility index (Phi) is 0.748. The van der Waals surface area contributed by atoms with Gasteiger partial charge in [0, 0.05) is 11.0 Å². The Balaban J connectivity index is 2.85. The maximum Gasteiger partial charge on any atom is 0.148 e. The summed E-state index contributed by atoms with van der Waals surface area (Å²) in [4.78, 5) is 0. The number of hydrogen-bond donors (Lipinski definition) is 1. The van der Waals surface area contributed by atoms with E-state index in [1.807, 2.05) is 0 Å². The van der Waals surface area contributed by atoms with Gasteiger partial charge in [0.05, 0.1) is 14.9 Å². The molecule has 1 aromatic rings. The van der Waals surface area contributed by atoms with E-state index in [0.717, 1.165) is 0 Å². The van der Waals surface area contributed by atoms with Gasteiger partial charge in [0.1, 0.15) is 4.60 Å². The van der Waals surface area contributed by atoms with Crippen LogP contribution in [0.15, 0.2) is 10.8 Å². The van der Waals surface area contributed by atoms with Gasteiger partial charge >= 0.3 is 0 Å². The van der Waals surface area contributed by atoms with E-state index in [-0.39, 0.29) is 9.28 Å². The Morgan fingerprint density at radius 3 is 3.17 bits per heavy atom. The largest absolute Gasteiger partial charge is 0.317 e. The van der Waals surface area contributed by atoms with E-state index in [1.54, 1.807) is 5.32 Å².